The maximum absolute atomic E-state index is 13.8. The number of carbonyl (C=O) groups is 2. The molecule has 1 atom stereocenters. The monoisotopic (exact) mass is 385 g/mol. The fraction of sp³-hybridized carbons (Fsp3) is 0.579. The third-order valence-corrected chi connectivity index (χ3v) is 4.85. The van der Waals surface area contributed by atoms with Crippen molar-refractivity contribution in [3.63, 3.8) is 0 Å². The average Bonchev–Trinajstić information content (AvgIpc) is 2.58. The number of nitrogens with one attached hydrogen (secondary N) is 3. The normalized spacial score (nSPS) is 17.1. The van der Waals surface area contributed by atoms with Crippen LogP contribution < -0.4 is 16.0 Å². The number of halogens is 2. The van der Waals surface area contributed by atoms with Gasteiger partial charge < -0.3 is 16.0 Å². The summed E-state index contributed by atoms with van der Waals surface area (Å²) < 4.78 is 13.8. The van der Waals surface area contributed by atoms with Gasteiger partial charge in [0.1, 0.15) is 11.9 Å². The number of hydrogen-bond acceptors (Lipinski definition) is 3. The van der Waals surface area contributed by atoms with Crippen LogP contribution in [-0.4, -0.2) is 37.5 Å². The number of piperidine rings is 1. The van der Waals surface area contributed by atoms with Gasteiger partial charge in [-0.1, -0.05) is 32.9 Å². The number of carbonyl (C=O) groups excluding carboxylic acids is 2. The van der Waals surface area contributed by atoms with Crippen molar-refractivity contribution < 1.29 is 14.0 Å². The molecule has 0 bridgehead atoms. The lowest BCUT2D eigenvalue weighted by Crippen LogP contribution is -2.52. The van der Waals surface area contributed by atoms with Crippen LogP contribution in [0.1, 0.15) is 44.0 Å². The molecule has 0 aliphatic carbocycles. The first-order valence-corrected chi connectivity index (χ1v) is 8.86. The smallest absolute Gasteiger partial charge is 0.254 e. The highest BCUT2D eigenvalue weighted by Crippen LogP contribution is 2.26. The van der Waals surface area contributed by atoms with E-state index >= 15 is 0 Å². The second kappa shape index (κ2) is 9.88. The third-order valence-electron chi connectivity index (χ3n) is 4.85. The van der Waals surface area contributed by atoms with E-state index in [2.05, 4.69) is 22.9 Å². The van der Waals surface area contributed by atoms with E-state index < -0.39 is 17.8 Å². The largest absolute Gasteiger partial charge is 0.354 e. The maximum atomic E-state index is 13.8. The summed E-state index contributed by atoms with van der Waals surface area (Å²) in [6.45, 7) is 8.35. The van der Waals surface area contributed by atoms with Gasteiger partial charge in [0.15, 0.2) is 0 Å². The summed E-state index contributed by atoms with van der Waals surface area (Å²) >= 11 is 0. The van der Waals surface area contributed by atoms with Crippen LogP contribution in [0.25, 0.3) is 0 Å². The van der Waals surface area contributed by atoms with E-state index in [1.165, 1.54) is 18.2 Å². The zero-order chi connectivity index (χ0) is 18.4. The van der Waals surface area contributed by atoms with Crippen LogP contribution in [0.5, 0.6) is 0 Å². The molecular weight excluding hydrogens is 357 g/mol. The molecule has 1 aromatic rings. The predicted octanol–water partition coefficient (Wildman–Crippen LogP) is 2.51. The number of benzene rings is 1. The van der Waals surface area contributed by atoms with E-state index in [1.807, 2.05) is 13.8 Å². The summed E-state index contributed by atoms with van der Waals surface area (Å²) in [4.78, 5) is 24.9. The Bertz CT molecular complexity index is 619. The molecule has 1 unspecified atom stereocenters. The van der Waals surface area contributed by atoms with Gasteiger partial charge in [0.25, 0.3) is 5.91 Å². The van der Waals surface area contributed by atoms with Crippen molar-refractivity contribution in [1.82, 2.24) is 16.0 Å². The molecule has 1 fully saturated rings. The molecule has 7 heteroatoms. The van der Waals surface area contributed by atoms with E-state index in [9.17, 15) is 14.0 Å². The van der Waals surface area contributed by atoms with Crippen molar-refractivity contribution in [2.24, 2.45) is 11.3 Å². The Hall–Kier alpha value is -1.66. The Kier molecular flexibility index (Phi) is 8.50. The quantitative estimate of drug-likeness (QED) is 0.704. The standard InChI is InChI=1S/C19H28FN3O2.ClH/c1-13(2)16(23-17(24)14-6-4-5-7-15(14)20)18(25)22-12-19(3)8-10-21-11-9-19;/h4-7,13,16,21H,8-12H2,1-3H3,(H,22,25)(H,23,24);1H. The summed E-state index contributed by atoms with van der Waals surface area (Å²) in [6, 6.07) is 5.07. The van der Waals surface area contributed by atoms with Crippen LogP contribution in [0.3, 0.4) is 0 Å². The Labute approximate surface area is 160 Å². The molecule has 1 heterocycles. The zero-order valence-corrected chi connectivity index (χ0v) is 16.4. The fourth-order valence-corrected chi connectivity index (χ4v) is 3.02. The Morgan fingerprint density at radius 2 is 1.85 bits per heavy atom. The molecule has 3 N–H and O–H groups in total. The van der Waals surface area contributed by atoms with Gasteiger partial charge in [0, 0.05) is 6.54 Å². The van der Waals surface area contributed by atoms with Gasteiger partial charge in [-0.05, 0) is 49.4 Å². The van der Waals surface area contributed by atoms with Crippen LogP contribution in [0.4, 0.5) is 4.39 Å². The minimum Gasteiger partial charge on any atom is -0.354 e. The zero-order valence-electron chi connectivity index (χ0n) is 15.6. The third kappa shape index (κ3) is 5.95. The number of rotatable bonds is 6. The second-order valence-corrected chi connectivity index (χ2v) is 7.45. The first-order chi connectivity index (χ1) is 11.8. The molecule has 0 radical (unpaired) electrons. The fourth-order valence-electron chi connectivity index (χ4n) is 3.02. The van der Waals surface area contributed by atoms with Crippen LogP contribution in [0.15, 0.2) is 24.3 Å². The van der Waals surface area contributed by atoms with Gasteiger partial charge in [-0.25, -0.2) is 4.39 Å². The van der Waals surface area contributed by atoms with Gasteiger partial charge in [-0.3, -0.25) is 9.59 Å². The highest BCUT2D eigenvalue weighted by Gasteiger charge is 2.30. The SMILES string of the molecule is CC(C)C(NC(=O)c1ccccc1F)C(=O)NCC1(C)CCNCC1.Cl. The number of hydrogen-bond donors (Lipinski definition) is 3. The predicted molar refractivity (Wildman–Crippen MR) is 103 cm³/mol. The van der Waals surface area contributed by atoms with Gasteiger partial charge in [-0.2, -0.15) is 0 Å². The molecule has 2 amide bonds. The average molecular weight is 386 g/mol. The first-order valence-electron chi connectivity index (χ1n) is 8.86. The van der Waals surface area contributed by atoms with Crippen LogP contribution in [-0.2, 0) is 4.79 Å². The van der Waals surface area contributed by atoms with Crippen molar-refractivity contribution in [3.05, 3.63) is 35.6 Å². The topological polar surface area (TPSA) is 70.2 Å². The molecule has 0 spiro atoms. The van der Waals surface area contributed by atoms with Crippen molar-refractivity contribution >= 4 is 24.2 Å². The second-order valence-electron chi connectivity index (χ2n) is 7.45. The summed E-state index contributed by atoms with van der Waals surface area (Å²) in [6.07, 6.45) is 2.00. The van der Waals surface area contributed by atoms with Gasteiger partial charge >= 0.3 is 0 Å². The van der Waals surface area contributed by atoms with E-state index in [0.29, 0.717) is 6.54 Å². The molecule has 1 saturated heterocycles. The van der Waals surface area contributed by atoms with Gasteiger partial charge in [0.05, 0.1) is 5.56 Å². The lowest BCUT2D eigenvalue weighted by molar-refractivity contribution is -0.124. The molecule has 1 aromatic carbocycles. The first kappa shape index (κ1) is 22.4. The van der Waals surface area contributed by atoms with E-state index in [1.54, 1.807) is 6.07 Å². The summed E-state index contributed by atoms with van der Waals surface area (Å²) in [5.41, 5.74) is 0.0177. The summed E-state index contributed by atoms with van der Waals surface area (Å²) in [5.74, 6) is -1.49. The van der Waals surface area contributed by atoms with Crippen LogP contribution in [0.2, 0.25) is 0 Å². The molecule has 26 heavy (non-hydrogen) atoms. The molecule has 146 valence electrons. The Balaban J connectivity index is 0.00000338. The molecule has 5 nitrogen and oxygen atoms in total. The van der Waals surface area contributed by atoms with E-state index in [-0.39, 0.29) is 35.2 Å². The van der Waals surface area contributed by atoms with E-state index in [4.69, 9.17) is 0 Å². The molecule has 0 saturated carbocycles. The Morgan fingerprint density at radius 3 is 2.42 bits per heavy atom. The van der Waals surface area contributed by atoms with Crippen LogP contribution >= 0.6 is 12.4 Å². The van der Waals surface area contributed by atoms with Crippen molar-refractivity contribution in [1.29, 1.82) is 0 Å². The van der Waals surface area contributed by atoms with Crippen molar-refractivity contribution in [3.8, 4) is 0 Å². The highest BCUT2D eigenvalue weighted by molar-refractivity contribution is 5.97. The Morgan fingerprint density at radius 1 is 1.23 bits per heavy atom. The minimum absolute atomic E-state index is 0. The summed E-state index contributed by atoms with van der Waals surface area (Å²) in [7, 11) is 0. The molecule has 1 aliphatic rings. The van der Waals surface area contributed by atoms with Gasteiger partial charge in [0.2, 0.25) is 5.91 Å². The van der Waals surface area contributed by atoms with Crippen molar-refractivity contribution in [2.75, 3.05) is 19.6 Å². The van der Waals surface area contributed by atoms with Gasteiger partial charge in [-0.15, -0.1) is 12.4 Å². The van der Waals surface area contributed by atoms with Crippen molar-refractivity contribution in [2.45, 2.75) is 39.7 Å². The molecule has 2 rings (SSSR count). The minimum atomic E-state index is -0.697. The summed E-state index contributed by atoms with van der Waals surface area (Å²) in [5, 5.41) is 8.95. The maximum Gasteiger partial charge on any atom is 0.254 e. The molecule has 1 aliphatic heterocycles. The lowest BCUT2D eigenvalue weighted by Gasteiger charge is -2.35. The van der Waals surface area contributed by atoms with E-state index in [0.717, 1.165) is 25.9 Å². The highest BCUT2D eigenvalue weighted by atomic mass is 35.5. The molecular formula is C19H29ClFN3O2. The van der Waals surface area contributed by atoms with Crippen LogP contribution in [0, 0.1) is 17.2 Å². The number of amides is 2. The molecule has 0 aromatic heterocycles. The lowest BCUT2D eigenvalue weighted by atomic mass is 9.81.